The molecular weight excluding hydrogens is 552 g/mol. The molecule has 2 aromatic carbocycles. The number of hydrogen-bond donors (Lipinski definition) is 0. The Kier molecular flexibility index (Phi) is 13.2. The average Bonchev–Trinajstić information content (AvgIpc) is 2.99. The monoisotopic (exact) mass is 590 g/mol. The minimum absolute atomic E-state index is 0.000137. The molecule has 0 aromatic heterocycles. The first-order chi connectivity index (χ1) is 20.7. The molecule has 9 nitrogen and oxygen atoms in total. The van der Waals surface area contributed by atoms with Gasteiger partial charge in [-0.1, -0.05) is 31.7 Å². The van der Waals surface area contributed by atoms with Gasteiger partial charge in [-0.05, 0) is 93.5 Å². The largest absolute Gasteiger partial charge is 0.494 e. The molecule has 0 bridgehead atoms. The second-order valence-corrected chi connectivity index (χ2v) is 10.2. The Labute approximate surface area is 252 Å². The van der Waals surface area contributed by atoms with E-state index in [4.69, 9.17) is 23.7 Å². The average molecular weight is 591 g/mol. The van der Waals surface area contributed by atoms with E-state index in [0.717, 1.165) is 44.1 Å². The van der Waals surface area contributed by atoms with Crippen molar-refractivity contribution >= 4 is 30.0 Å². The van der Waals surface area contributed by atoms with E-state index in [0.29, 0.717) is 31.0 Å². The van der Waals surface area contributed by atoms with Gasteiger partial charge in [0, 0.05) is 17.2 Å². The maximum Gasteiger partial charge on any atom is 0.339 e. The summed E-state index contributed by atoms with van der Waals surface area (Å²) < 4.78 is 26.7. The van der Waals surface area contributed by atoms with Crippen LogP contribution in [0.5, 0.6) is 17.2 Å². The van der Waals surface area contributed by atoms with Crippen LogP contribution < -0.4 is 14.2 Å². The molecule has 0 spiro atoms. The summed E-state index contributed by atoms with van der Waals surface area (Å²) in [5.41, 5.74) is 1.16. The minimum Gasteiger partial charge on any atom is -0.494 e. The molecule has 9 heteroatoms. The number of rotatable bonds is 15. The van der Waals surface area contributed by atoms with Crippen LogP contribution in [0.1, 0.15) is 63.9 Å². The molecule has 43 heavy (non-hydrogen) atoms. The number of benzene rings is 2. The third-order valence-corrected chi connectivity index (χ3v) is 6.43. The number of unbranched alkanes of at least 4 members (excludes halogenated alkanes) is 1. The predicted octanol–water partition coefficient (Wildman–Crippen LogP) is 6.31. The van der Waals surface area contributed by atoms with Gasteiger partial charge in [-0.3, -0.25) is 4.79 Å². The fourth-order valence-electron chi connectivity index (χ4n) is 4.08. The number of carbonyl (C=O) groups excluding carboxylic acids is 4. The number of hydrogen-bond acceptors (Lipinski definition) is 9. The molecule has 0 N–H and O–H groups in total. The summed E-state index contributed by atoms with van der Waals surface area (Å²) in [6.45, 7) is 9.59. The zero-order chi connectivity index (χ0) is 31.0. The summed E-state index contributed by atoms with van der Waals surface area (Å²) in [7, 11) is 0. The smallest absolute Gasteiger partial charge is 0.339 e. The highest BCUT2D eigenvalue weighted by Gasteiger charge is 2.20. The lowest BCUT2D eigenvalue weighted by molar-refractivity contribution is -0.150. The van der Waals surface area contributed by atoms with E-state index in [2.05, 4.69) is 13.2 Å². The van der Waals surface area contributed by atoms with E-state index in [1.54, 1.807) is 37.3 Å². The zero-order valence-corrected chi connectivity index (χ0v) is 24.5. The van der Waals surface area contributed by atoms with Gasteiger partial charge in [0.05, 0.1) is 19.6 Å². The Morgan fingerprint density at radius 3 is 2.05 bits per heavy atom. The van der Waals surface area contributed by atoms with Crippen LogP contribution in [0.25, 0.3) is 6.08 Å². The fraction of sp³-hybridized carbons (Fsp3) is 0.353. The van der Waals surface area contributed by atoms with Gasteiger partial charge < -0.3 is 23.7 Å². The van der Waals surface area contributed by atoms with E-state index in [1.807, 2.05) is 0 Å². The molecule has 0 unspecified atom stereocenters. The van der Waals surface area contributed by atoms with Crippen molar-refractivity contribution in [2.45, 2.75) is 64.4 Å². The molecule has 1 aliphatic rings. The predicted molar refractivity (Wildman–Crippen MR) is 160 cm³/mol. The van der Waals surface area contributed by atoms with Crippen LogP contribution in [-0.4, -0.2) is 43.2 Å². The molecule has 3 rings (SSSR count). The minimum atomic E-state index is -0.730. The maximum atomic E-state index is 12.3. The summed E-state index contributed by atoms with van der Waals surface area (Å²) in [6, 6.07) is 13.1. The third kappa shape index (κ3) is 12.4. The van der Waals surface area contributed by atoms with Gasteiger partial charge in [-0.2, -0.15) is 0 Å². The van der Waals surface area contributed by atoms with Gasteiger partial charge in [0.25, 0.3) is 0 Å². The zero-order valence-electron chi connectivity index (χ0n) is 24.5. The van der Waals surface area contributed by atoms with Crippen molar-refractivity contribution in [3.63, 3.8) is 0 Å². The van der Waals surface area contributed by atoms with Gasteiger partial charge in [-0.15, -0.1) is 0 Å². The van der Waals surface area contributed by atoms with Gasteiger partial charge >= 0.3 is 23.9 Å². The van der Waals surface area contributed by atoms with Crippen molar-refractivity contribution < 1.29 is 42.9 Å². The molecule has 0 heterocycles. The summed E-state index contributed by atoms with van der Waals surface area (Å²) in [4.78, 5) is 48.0. The van der Waals surface area contributed by atoms with Crippen LogP contribution in [0, 0.1) is 0 Å². The van der Waals surface area contributed by atoms with Crippen LogP contribution in [-0.2, 0) is 28.7 Å². The van der Waals surface area contributed by atoms with Crippen LogP contribution in [0.15, 0.2) is 78.9 Å². The Balaban J connectivity index is 1.35. The van der Waals surface area contributed by atoms with Crippen LogP contribution in [0.2, 0.25) is 0 Å². The summed E-state index contributed by atoms with van der Waals surface area (Å²) in [6.07, 6.45) is 8.91. The third-order valence-electron chi connectivity index (χ3n) is 6.43. The first-order valence-electron chi connectivity index (χ1n) is 14.3. The van der Waals surface area contributed by atoms with Crippen molar-refractivity contribution in [1.82, 2.24) is 0 Å². The second kappa shape index (κ2) is 17.3. The van der Waals surface area contributed by atoms with Gasteiger partial charge in [0.15, 0.2) is 0 Å². The summed E-state index contributed by atoms with van der Waals surface area (Å²) in [5, 5.41) is 0. The van der Waals surface area contributed by atoms with Crippen molar-refractivity contribution in [2.24, 2.45) is 0 Å². The SMILES string of the molecule is C=C(C)C(=O)OCCCCOc1ccc(/C=C/C(=O)Oc2ccc(OC(=O)C(=C)CC(=O)OC3CCCCC3)cc2)cc1. The maximum absolute atomic E-state index is 12.3. The highest BCUT2D eigenvalue weighted by Crippen LogP contribution is 2.22. The molecule has 0 radical (unpaired) electrons. The molecule has 2 aromatic rings. The normalized spacial score (nSPS) is 13.1. The molecule has 1 saturated carbocycles. The van der Waals surface area contributed by atoms with Crippen molar-refractivity contribution in [3.8, 4) is 17.2 Å². The fourth-order valence-corrected chi connectivity index (χ4v) is 4.08. The Bertz CT molecular complexity index is 1300. The van der Waals surface area contributed by atoms with E-state index in [9.17, 15) is 19.2 Å². The standard InChI is InChI=1S/C34H38O9/c1-24(2)33(37)40-22-8-7-21-39-27-14-11-26(12-15-27)13-20-31(35)41-29-16-18-30(19-17-29)43-34(38)25(3)23-32(36)42-28-9-5-4-6-10-28/h11-20,28H,1,3-10,21-23H2,2H3/b20-13+. The lowest BCUT2D eigenvalue weighted by Crippen LogP contribution is -2.22. The van der Waals surface area contributed by atoms with Crippen LogP contribution in [0.4, 0.5) is 0 Å². The quantitative estimate of drug-likeness (QED) is 0.102. The molecule has 1 aliphatic carbocycles. The topological polar surface area (TPSA) is 114 Å². The molecule has 0 atom stereocenters. The van der Waals surface area contributed by atoms with Gasteiger partial charge in [-0.25, -0.2) is 14.4 Å². The first kappa shape index (κ1) is 32.8. The highest BCUT2D eigenvalue weighted by atomic mass is 16.6. The Hall–Kier alpha value is -4.66. The highest BCUT2D eigenvalue weighted by molar-refractivity contribution is 5.94. The van der Waals surface area contributed by atoms with Crippen LogP contribution in [0.3, 0.4) is 0 Å². The number of carbonyl (C=O) groups is 4. The summed E-state index contributed by atoms with van der Waals surface area (Å²) in [5.74, 6) is -1.02. The van der Waals surface area contributed by atoms with E-state index in [-0.39, 0.29) is 29.6 Å². The Morgan fingerprint density at radius 2 is 1.40 bits per heavy atom. The van der Waals surface area contributed by atoms with Crippen molar-refractivity contribution in [3.05, 3.63) is 84.5 Å². The van der Waals surface area contributed by atoms with Gasteiger partial charge in [0.2, 0.25) is 0 Å². The lowest BCUT2D eigenvalue weighted by Gasteiger charge is -2.21. The van der Waals surface area contributed by atoms with E-state index < -0.39 is 23.9 Å². The van der Waals surface area contributed by atoms with Crippen LogP contribution >= 0.6 is 0 Å². The van der Waals surface area contributed by atoms with Crippen molar-refractivity contribution in [2.75, 3.05) is 13.2 Å². The molecular formula is C34H38O9. The second-order valence-electron chi connectivity index (χ2n) is 10.2. The molecule has 1 fully saturated rings. The van der Waals surface area contributed by atoms with E-state index in [1.165, 1.54) is 30.3 Å². The molecule has 228 valence electrons. The van der Waals surface area contributed by atoms with Gasteiger partial charge in [0.1, 0.15) is 23.4 Å². The van der Waals surface area contributed by atoms with E-state index >= 15 is 0 Å². The molecule has 0 amide bonds. The number of ether oxygens (including phenoxy) is 5. The molecule has 0 saturated heterocycles. The first-order valence-corrected chi connectivity index (χ1v) is 14.3. The summed E-state index contributed by atoms with van der Waals surface area (Å²) >= 11 is 0. The lowest BCUT2D eigenvalue weighted by atomic mass is 9.98. The Morgan fingerprint density at radius 1 is 0.791 bits per heavy atom. The van der Waals surface area contributed by atoms with Crippen molar-refractivity contribution in [1.29, 1.82) is 0 Å². The molecule has 0 aliphatic heterocycles. The number of esters is 4.